The number of carbonyl (C=O) groups excluding carboxylic acids is 1. The van der Waals surface area contributed by atoms with Crippen molar-refractivity contribution in [2.75, 3.05) is 11.9 Å². The Bertz CT molecular complexity index is 903. The number of nitrogens with zero attached hydrogens (tertiary/aromatic N) is 5. The van der Waals surface area contributed by atoms with Crippen LogP contribution in [-0.4, -0.2) is 38.8 Å². The number of anilines is 2. The van der Waals surface area contributed by atoms with Crippen LogP contribution in [0.3, 0.4) is 0 Å². The van der Waals surface area contributed by atoms with Crippen molar-refractivity contribution in [1.82, 2.24) is 19.9 Å². The number of fused-ring (bicyclic) bond motifs is 2. The van der Waals surface area contributed by atoms with Gasteiger partial charge in [0.1, 0.15) is 5.69 Å². The molecule has 0 spiro atoms. The largest absolute Gasteiger partial charge is 0.330 e. The van der Waals surface area contributed by atoms with E-state index in [1.807, 2.05) is 50.1 Å². The highest BCUT2D eigenvalue weighted by Gasteiger charge is 2.31. The Morgan fingerprint density at radius 3 is 2.79 bits per heavy atom. The number of hydrogen-bond acceptors (Lipinski definition) is 6. The maximum absolute atomic E-state index is 12.5. The predicted octanol–water partition coefficient (Wildman–Crippen LogP) is 3.22. The van der Waals surface area contributed by atoms with Crippen molar-refractivity contribution < 1.29 is 4.79 Å². The van der Waals surface area contributed by atoms with Crippen LogP contribution in [0.1, 0.15) is 29.9 Å². The van der Waals surface area contributed by atoms with Gasteiger partial charge in [-0.1, -0.05) is 23.5 Å². The fourth-order valence-corrected chi connectivity index (χ4v) is 3.68. The molecule has 3 aromatic rings. The van der Waals surface area contributed by atoms with E-state index in [0.717, 1.165) is 20.9 Å². The zero-order valence-corrected chi connectivity index (χ0v) is 14.5. The average molecular weight is 339 g/mol. The molecule has 6 nitrogen and oxygen atoms in total. The van der Waals surface area contributed by atoms with E-state index in [0.29, 0.717) is 18.2 Å². The first-order chi connectivity index (χ1) is 11.5. The van der Waals surface area contributed by atoms with Gasteiger partial charge in [-0.25, -0.2) is 15.0 Å². The summed E-state index contributed by atoms with van der Waals surface area (Å²) < 4.78 is 1.11. The van der Waals surface area contributed by atoms with Crippen molar-refractivity contribution in [3.63, 3.8) is 0 Å². The number of rotatable bonds is 3. The van der Waals surface area contributed by atoms with Gasteiger partial charge in [0.15, 0.2) is 5.13 Å². The van der Waals surface area contributed by atoms with Crippen molar-refractivity contribution in [3.8, 4) is 0 Å². The number of amides is 1. The summed E-state index contributed by atoms with van der Waals surface area (Å²) in [7, 11) is 1.87. The molecule has 0 saturated carbocycles. The first-order valence-corrected chi connectivity index (χ1v) is 8.62. The summed E-state index contributed by atoms with van der Waals surface area (Å²) in [5, 5.41) is 0.808. The number of hydrogen-bond donors (Lipinski definition) is 0. The lowest BCUT2D eigenvalue weighted by Crippen LogP contribution is -2.31. The topological polar surface area (TPSA) is 62.2 Å². The molecule has 1 aromatic carbocycles. The second kappa shape index (κ2) is 5.52. The molecule has 0 saturated heterocycles. The van der Waals surface area contributed by atoms with Crippen LogP contribution in [0.4, 0.5) is 11.1 Å². The van der Waals surface area contributed by atoms with Crippen molar-refractivity contribution in [2.45, 2.75) is 26.4 Å². The summed E-state index contributed by atoms with van der Waals surface area (Å²) in [5.41, 5.74) is 2.34. The van der Waals surface area contributed by atoms with E-state index in [1.54, 1.807) is 22.4 Å². The van der Waals surface area contributed by atoms with E-state index in [1.165, 1.54) is 0 Å². The van der Waals surface area contributed by atoms with Gasteiger partial charge in [0.25, 0.3) is 5.91 Å². The van der Waals surface area contributed by atoms with Gasteiger partial charge in [-0.15, -0.1) is 0 Å². The molecule has 122 valence electrons. The standard InChI is InChI=1S/C17H17N5OS/c1-10(2)22-9-11-8-18-16(20-14(11)15(22)23)21(3)17-19-12-6-4-5-7-13(12)24-17/h4-8,10H,9H2,1-3H3. The third kappa shape index (κ3) is 2.32. The van der Waals surface area contributed by atoms with Gasteiger partial charge in [-0.05, 0) is 26.0 Å². The molecule has 3 heterocycles. The summed E-state index contributed by atoms with van der Waals surface area (Å²) >= 11 is 1.58. The van der Waals surface area contributed by atoms with Gasteiger partial charge < -0.3 is 4.90 Å². The van der Waals surface area contributed by atoms with E-state index in [2.05, 4.69) is 15.0 Å². The zero-order chi connectivity index (χ0) is 16.8. The predicted molar refractivity (Wildman–Crippen MR) is 94.7 cm³/mol. The number of carbonyl (C=O) groups is 1. The lowest BCUT2D eigenvalue weighted by atomic mass is 10.3. The number of para-hydroxylation sites is 1. The number of benzene rings is 1. The maximum atomic E-state index is 12.5. The van der Waals surface area contributed by atoms with Gasteiger partial charge in [0, 0.05) is 24.8 Å². The normalized spacial score (nSPS) is 13.8. The second-order valence-corrected chi connectivity index (χ2v) is 7.10. The molecule has 0 bridgehead atoms. The molecule has 0 atom stereocenters. The molecule has 24 heavy (non-hydrogen) atoms. The maximum Gasteiger partial charge on any atom is 0.273 e. The lowest BCUT2D eigenvalue weighted by molar-refractivity contribution is 0.0726. The minimum atomic E-state index is -0.0265. The lowest BCUT2D eigenvalue weighted by Gasteiger charge is -2.19. The van der Waals surface area contributed by atoms with Crippen LogP contribution in [0.5, 0.6) is 0 Å². The highest BCUT2D eigenvalue weighted by molar-refractivity contribution is 7.22. The first kappa shape index (κ1) is 15.0. The highest BCUT2D eigenvalue weighted by Crippen LogP contribution is 2.31. The van der Waals surface area contributed by atoms with Crippen molar-refractivity contribution in [1.29, 1.82) is 0 Å². The molecule has 0 aliphatic carbocycles. The molecule has 0 radical (unpaired) electrons. The fraction of sp³-hybridized carbons (Fsp3) is 0.294. The van der Waals surface area contributed by atoms with Crippen LogP contribution in [0.15, 0.2) is 30.5 Å². The molecule has 7 heteroatoms. The summed E-state index contributed by atoms with van der Waals surface area (Å²) in [4.78, 5) is 29.7. The Kier molecular flexibility index (Phi) is 3.45. The molecule has 0 unspecified atom stereocenters. The Morgan fingerprint density at radius 1 is 1.25 bits per heavy atom. The third-order valence-electron chi connectivity index (χ3n) is 4.15. The summed E-state index contributed by atoms with van der Waals surface area (Å²) in [6.45, 7) is 4.59. The van der Waals surface area contributed by atoms with E-state index in [-0.39, 0.29) is 11.9 Å². The first-order valence-electron chi connectivity index (χ1n) is 7.81. The zero-order valence-electron chi connectivity index (χ0n) is 13.7. The SMILES string of the molecule is CC(C)N1Cc2cnc(N(C)c3nc4ccccc4s3)nc2C1=O. The molecule has 0 N–H and O–H groups in total. The minimum Gasteiger partial charge on any atom is -0.330 e. The van der Waals surface area contributed by atoms with Gasteiger partial charge in [0.2, 0.25) is 5.95 Å². The van der Waals surface area contributed by atoms with Crippen molar-refractivity contribution >= 4 is 38.5 Å². The molecular weight excluding hydrogens is 322 g/mol. The molecule has 1 aliphatic heterocycles. The molecule has 4 rings (SSSR count). The molecule has 1 aliphatic rings. The Morgan fingerprint density at radius 2 is 2.04 bits per heavy atom. The van der Waals surface area contributed by atoms with Gasteiger partial charge >= 0.3 is 0 Å². The smallest absolute Gasteiger partial charge is 0.273 e. The molecular formula is C17H17N5OS. The second-order valence-electron chi connectivity index (χ2n) is 6.09. The number of thiazole rings is 1. The highest BCUT2D eigenvalue weighted by atomic mass is 32.1. The van der Waals surface area contributed by atoms with Crippen LogP contribution in [0.25, 0.3) is 10.2 Å². The van der Waals surface area contributed by atoms with Crippen LogP contribution in [0, 0.1) is 0 Å². The summed E-state index contributed by atoms with van der Waals surface area (Å²) in [6.07, 6.45) is 1.75. The molecule has 0 fully saturated rings. The van der Waals surface area contributed by atoms with E-state index in [9.17, 15) is 4.79 Å². The third-order valence-corrected chi connectivity index (χ3v) is 5.26. The van der Waals surface area contributed by atoms with Crippen molar-refractivity contribution in [2.24, 2.45) is 0 Å². The summed E-state index contributed by atoms with van der Waals surface area (Å²) in [6, 6.07) is 8.14. The molecule has 1 amide bonds. The number of aromatic nitrogens is 3. The average Bonchev–Trinajstić information content (AvgIpc) is 3.15. The Balaban J connectivity index is 1.69. The van der Waals surface area contributed by atoms with E-state index >= 15 is 0 Å². The van der Waals surface area contributed by atoms with Crippen LogP contribution < -0.4 is 4.90 Å². The molecule has 2 aromatic heterocycles. The van der Waals surface area contributed by atoms with Crippen LogP contribution in [0.2, 0.25) is 0 Å². The van der Waals surface area contributed by atoms with E-state index < -0.39 is 0 Å². The van der Waals surface area contributed by atoms with Crippen LogP contribution >= 0.6 is 11.3 Å². The van der Waals surface area contributed by atoms with Gasteiger partial charge in [0.05, 0.1) is 16.8 Å². The van der Waals surface area contributed by atoms with Gasteiger partial charge in [-0.3, -0.25) is 9.69 Å². The monoisotopic (exact) mass is 339 g/mol. The van der Waals surface area contributed by atoms with E-state index in [4.69, 9.17) is 0 Å². The Labute approximate surface area is 143 Å². The van der Waals surface area contributed by atoms with Crippen molar-refractivity contribution in [3.05, 3.63) is 41.7 Å². The minimum absolute atomic E-state index is 0.0265. The Hall–Kier alpha value is -2.54. The fourth-order valence-electron chi connectivity index (χ4n) is 2.76. The quantitative estimate of drug-likeness (QED) is 0.733. The van der Waals surface area contributed by atoms with Crippen LogP contribution in [-0.2, 0) is 6.54 Å². The summed E-state index contributed by atoms with van der Waals surface area (Å²) in [5.74, 6) is 0.466. The van der Waals surface area contributed by atoms with Gasteiger partial charge in [-0.2, -0.15) is 0 Å².